The fraction of sp³-hybridized carbons (Fsp3) is 0.240. The molecule has 0 bridgehead atoms. The molecule has 1 heterocycles. The number of amides is 2. The molecule has 33 heavy (non-hydrogen) atoms. The van der Waals surface area contributed by atoms with Gasteiger partial charge < -0.3 is 27.0 Å². The number of guanidine groups is 1. The summed E-state index contributed by atoms with van der Waals surface area (Å²) in [6.07, 6.45) is 6.90. The summed E-state index contributed by atoms with van der Waals surface area (Å²) in [5, 5.41) is 5.77. The van der Waals surface area contributed by atoms with Crippen molar-refractivity contribution in [1.29, 1.82) is 0 Å². The third-order valence-electron chi connectivity index (χ3n) is 5.21. The molecular weight excluding hydrogens is 416 g/mol. The zero-order valence-corrected chi connectivity index (χ0v) is 18.5. The average Bonchev–Trinajstić information content (AvgIpc) is 2.81. The summed E-state index contributed by atoms with van der Waals surface area (Å²) in [6.45, 7) is 5.74. The van der Waals surface area contributed by atoms with Crippen LogP contribution in [0.1, 0.15) is 28.8 Å². The monoisotopic (exact) mass is 446 g/mol. The first-order valence-electron chi connectivity index (χ1n) is 10.9. The van der Waals surface area contributed by atoms with Crippen LogP contribution in [0.25, 0.3) is 6.08 Å². The predicted octanol–water partition coefficient (Wildman–Crippen LogP) is 2.50. The number of anilines is 2. The summed E-state index contributed by atoms with van der Waals surface area (Å²) in [5.41, 5.74) is 14.0. The minimum Gasteiger partial charge on any atom is -0.370 e. The Morgan fingerprint density at radius 1 is 1.18 bits per heavy atom. The lowest BCUT2D eigenvalue weighted by molar-refractivity contribution is -0.118. The number of rotatable bonds is 10. The molecule has 0 saturated heterocycles. The van der Waals surface area contributed by atoms with Crippen molar-refractivity contribution in [3.05, 3.63) is 78.4 Å². The number of hydrogen-bond donors (Lipinski definition) is 4. The third-order valence-corrected chi connectivity index (χ3v) is 5.21. The quantitative estimate of drug-likeness (QED) is 0.193. The number of aliphatic imine (C=N–C) groups is 1. The first kappa shape index (κ1) is 23.6. The summed E-state index contributed by atoms with van der Waals surface area (Å²) < 4.78 is 0. The zero-order valence-electron chi connectivity index (χ0n) is 18.5. The second-order valence-corrected chi connectivity index (χ2v) is 7.70. The maximum atomic E-state index is 13.1. The van der Waals surface area contributed by atoms with Crippen LogP contribution in [0.3, 0.4) is 0 Å². The Balaban J connectivity index is 1.72. The van der Waals surface area contributed by atoms with Gasteiger partial charge in [0.25, 0.3) is 5.91 Å². The molecule has 8 nitrogen and oxygen atoms in total. The van der Waals surface area contributed by atoms with Crippen LogP contribution >= 0.6 is 0 Å². The first-order chi connectivity index (χ1) is 16.0. The fourth-order valence-corrected chi connectivity index (χ4v) is 3.62. The number of hydrogen-bond acceptors (Lipinski definition) is 4. The Kier molecular flexibility index (Phi) is 8.24. The Bertz CT molecular complexity index is 1040. The Morgan fingerprint density at radius 3 is 2.70 bits per heavy atom. The zero-order chi connectivity index (χ0) is 23.6. The van der Waals surface area contributed by atoms with E-state index in [2.05, 4.69) is 33.2 Å². The van der Waals surface area contributed by atoms with Gasteiger partial charge in [-0.05, 0) is 48.7 Å². The summed E-state index contributed by atoms with van der Waals surface area (Å²) in [5.74, 6) is -0.616. The second-order valence-electron chi connectivity index (χ2n) is 7.70. The lowest BCUT2D eigenvalue weighted by Crippen LogP contribution is -2.44. The van der Waals surface area contributed by atoms with Crippen molar-refractivity contribution in [2.24, 2.45) is 16.5 Å². The van der Waals surface area contributed by atoms with Crippen LogP contribution in [0.2, 0.25) is 0 Å². The number of nitrogens with one attached hydrogen (secondary N) is 2. The number of fused-ring (bicyclic) bond motifs is 1. The molecule has 1 aliphatic rings. The smallest absolute Gasteiger partial charge is 0.251 e. The van der Waals surface area contributed by atoms with Gasteiger partial charge in [0.15, 0.2) is 5.96 Å². The molecule has 1 atom stereocenters. The molecule has 0 aliphatic carbocycles. The van der Waals surface area contributed by atoms with Gasteiger partial charge in [-0.15, -0.1) is 6.58 Å². The molecule has 2 amide bonds. The molecule has 0 radical (unpaired) electrons. The lowest BCUT2D eigenvalue weighted by atomic mass is 10.1. The molecule has 1 aliphatic heterocycles. The summed E-state index contributed by atoms with van der Waals surface area (Å²) in [6, 6.07) is 13.8. The third kappa shape index (κ3) is 6.70. The Labute approximate surface area is 194 Å². The van der Waals surface area contributed by atoms with Gasteiger partial charge in [0, 0.05) is 36.6 Å². The van der Waals surface area contributed by atoms with E-state index in [-0.39, 0.29) is 17.8 Å². The van der Waals surface area contributed by atoms with Crippen molar-refractivity contribution in [3.8, 4) is 0 Å². The van der Waals surface area contributed by atoms with E-state index in [0.717, 1.165) is 24.3 Å². The van der Waals surface area contributed by atoms with Crippen LogP contribution in [0.15, 0.2) is 72.3 Å². The van der Waals surface area contributed by atoms with Gasteiger partial charge in [-0.25, -0.2) is 0 Å². The number of nitrogens with zero attached hydrogens (tertiary/aromatic N) is 2. The van der Waals surface area contributed by atoms with Crippen molar-refractivity contribution < 1.29 is 9.59 Å². The standard InChI is InChI=1S/C25H30N6O2/c1-2-15-31-16-7-10-19-17-20(12-13-22(19)31)29-24(33)21(11-6-14-28-25(26)27)30-23(32)18-8-4-3-5-9-18/h2-5,7-10,12-13,17,21H,1,6,11,14-16H2,(H,29,33)(H,30,32)(H4,26,27,28). The molecule has 172 valence electrons. The van der Waals surface area contributed by atoms with E-state index in [1.165, 1.54) is 0 Å². The first-order valence-corrected chi connectivity index (χ1v) is 10.9. The van der Waals surface area contributed by atoms with Crippen molar-refractivity contribution in [3.63, 3.8) is 0 Å². The minimum atomic E-state index is -0.740. The molecule has 0 saturated carbocycles. The lowest BCUT2D eigenvalue weighted by Gasteiger charge is -2.27. The van der Waals surface area contributed by atoms with E-state index in [1.807, 2.05) is 36.4 Å². The summed E-state index contributed by atoms with van der Waals surface area (Å²) >= 11 is 0. The van der Waals surface area contributed by atoms with E-state index < -0.39 is 6.04 Å². The van der Waals surface area contributed by atoms with E-state index in [4.69, 9.17) is 11.5 Å². The highest BCUT2D eigenvalue weighted by Gasteiger charge is 2.22. The van der Waals surface area contributed by atoms with Crippen LogP contribution < -0.4 is 27.0 Å². The molecule has 2 aromatic carbocycles. The van der Waals surface area contributed by atoms with Crippen molar-refractivity contribution in [2.75, 3.05) is 29.9 Å². The highest BCUT2D eigenvalue weighted by atomic mass is 16.2. The molecule has 0 fully saturated rings. The number of nitrogens with two attached hydrogens (primary N) is 2. The number of benzene rings is 2. The van der Waals surface area contributed by atoms with Gasteiger partial charge in [0.1, 0.15) is 6.04 Å². The molecule has 3 rings (SSSR count). The van der Waals surface area contributed by atoms with Gasteiger partial charge in [-0.1, -0.05) is 36.4 Å². The van der Waals surface area contributed by atoms with Crippen molar-refractivity contribution in [1.82, 2.24) is 5.32 Å². The molecular formula is C25H30N6O2. The normalized spacial score (nSPS) is 12.9. The molecule has 1 unspecified atom stereocenters. The van der Waals surface area contributed by atoms with Gasteiger partial charge in [0.05, 0.1) is 0 Å². The van der Waals surface area contributed by atoms with E-state index in [9.17, 15) is 9.59 Å². The van der Waals surface area contributed by atoms with Crippen LogP contribution in [0, 0.1) is 0 Å². The maximum Gasteiger partial charge on any atom is 0.251 e. The number of carbonyl (C=O) groups excluding carboxylic acids is 2. The van der Waals surface area contributed by atoms with E-state index >= 15 is 0 Å². The van der Waals surface area contributed by atoms with Crippen LogP contribution in [0.4, 0.5) is 11.4 Å². The molecule has 2 aromatic rings. The van der Waals surface area contributed by atoms with Gasteiger partial charge >= 0.3 is 0 Å². The maximum absolute atomic E-state index is 13.1. The predicted molar refractivity (Wildman–Crippen MR) is 134 cm³/mol. The van der Waals surface area contributed by atoms with E-state index in [1.54, 1.807) is 24.3 Å². The largest absolute Gasteiger partial charge is 0.370 e. The van der Waals surface area contributed by atoms with Crippen LogP contribution in [0.5, 0.6) is 0 Å². The highest BCUT2D eigenvalue weighted by molar-refractivity contribution is 6.01. The second kappa shape index (κ2) is 11.5. The van der Waals surface area contributed by atoms with Gasteiger partial charge in [0.2, 0.25) is 5.91 Å². The molecule has 8 heteroatoms. The molecule has 6 N–H and O–H groups in total. The molecule has 0 aromatic heterocycles. The summed E-state index contributed by atoms with van der Waals surface area (Å²) in [4.78, 5) is 31.9. The average molecular weight is 447 g/mol. The Hall–Kier alpha value is -4.07. The fourth-order valence-electron chi connectivity index (χ4n) is 3.62. The SMILES string of the molecule is C=CCN1CC=Cc2cc(NC(=O)C(CCCN=C(N)N)NC(=O)c3ccccc3)ccc21. The van der Waals surface area contributed by atoms with Crippen molar-refractivity contribution >= 4 is 35.2 Å². The topological polar surface area (TPSA) is 126 Å². The highest BCUT2D eigenvalue weighted by Crippen LogP contribution is 2.28. The summed E-state index contributed by atoms with van der Waals surface area (Å²) in [7, 11) is 0. The van der Waals surface area contributed by atoms with E-state index in [0.29, 0.717) is 30.6 Å². The minimum absolute atomic E-state index is 0.00284. The number of carbonyl (C=O) groups is 2. The van der Waals surface area contributed by atoms with Crippen molar-refractivity contribution in [2.45, 2.75) is 18.9 Å². The Morgan fingerprint density at radius 2 is 1.97 bits per heavy atom. The molecule has 0 spiro atoms. The van der Waals surface area contributed by atoms with Crippen LogP contribution in [-0.2, 0) is 4.79 Å². The van der Waals surface area contributed by atoms with Gasteiger partial charge in [-0.2, -0.15) is 0 Å². The van der Waals surface area contributed by atoms with Crippen LogP contribution in [-0.4, -0.2) is 43.5 Å². The van der Waals surface area contributed by atoms with Gasteiger partial charge in [-0.3, -0.25) is 14.6 Å².